The number of carbonyl (C=O) groups excluding carboxylic acids is 1. The van der Waals surface area contributed by atoms with E-state index < -0.39 is 5.97 Å². The molecule has 0 saturated carbocycles. The summed E-state index contributed by atoms with van der Waals surface area (Å²) in [7, 11) is 0. The molecule has 0 spiro atoms. The molecule has 6 heteroatoms. The highest BCUT2D eigenvalue weighted by Crippen LogP contribution is 2.13. The van der Waals surface area contributed by atoms with E-state index >= 15 is 0 Å². The van der Waals surface area contributed by atoms with E-state index in [-0.39, 0.29) is 12.1 Å². The molecule has 0 fully saturated rings. The van der Waals surface area contributed by atoms with E-state index in [9.17, 15) is 9.59 Å². The minimum atomic E-state index is -0.412. The van der Waals surface area contributed by atoms with Gasteiger partial charge >= 0.3 is 5.97 Å². The quantitative estimate of drug-likeness (QED) is 0.772. The number of aromatic nitrogens is 2. The van der Waals surface area contributed by atoms with Crippen molar-refractivity contribution < 1.29 is 9.53 Å². The molecular weight excluding hydrogens is 240 g/mol. The minimum Gasteiger partial charge on any atom is -0.464 e. The maximum atomic E-state index is 11.9. The van der Waals surface area contributed by atoms with E-state index in [1.165, 1.54) is 22.2 Å². The van der Waals surface area contributed by atoms with Crippen LogP contribution in [0.1, 0.15) is 13.3 Å². The Balaban J connectivity index is 2.21. The largest absolute Gasteiger partial charge is 0.464 e. The molecule has 0 N–H and O–H groups in total. The number of carbonyl (C=O) groups is 1. The number of nitrogens with zero attached hydrogens (tertiary/aromatic N) is 2. The van der Waals surface area contributed by atoms with Crippen molar-refractivity contribution in [1.82, 2.24) is 9.55 Å². The summed E-state index contributed by atoms with van der Waals surface area (Å²) in [5.74, 6) is -0.412. The molecule has 0 amide bonds. The number of thiophene rings is 1. The lowest BCUT2D eigenvalue weighted by Gasteiger charge is -2.05. The van der Waals surface area contributed by atoms with Crippen LogP contribution < -0.4 is 5.56 Å². The third-order valence-electron chi connectivity index (χ3n) is 2.22. The van der Waals surface area contributed by atoms with E-state index in [4.69, 9.17) is 4.74 Å². The Morgan fingerprint density at radius 3 is 3.18 bits per heavy atom. The second-order valence-electron chi connectivity index (χ2n) is 3.54. The summed E-state index contributed by atoms with van der Waals surface area (Å²) in [4.78, 5) is 28.1. The molecule has 2 aromatic rings. The summed E-state index contributed by atoms with van der Waals surface area (Å²) < 4.78 is 6.19. The Kier molecular flexibility index (Phi) is 3.53. The first-order valence-electron chi connectivity index (χ1n) is 5.30. The molecule has 17 heavy (non-hydrogen) atoms. The first-order chi connectivity index (χ1) is 8.22. The smallest absolute Gasteiger partial charge is 0.326 e. The third-order valence-corrected chi connectivity index (χ3v) is 3.04. The van der Waals surface area contributed by atoms with Gasteiger partial charge in [0.25, 0.3) is 5.56 Å². The van der Waals surface area contributed by atoms with E-state index in [0.29, 0.717) is 16.8 Å². The highest BCUT2D eigenvalue weighted by Gasteiger charge is 2.09. The number of esters is 1. The fraction of sp³-hybridized carbons (Fsp3) is 0.364. The number of ether oxygens (including phenoxy) is 1. The average molecular weight is 252 g/mol. The fourth-order valence-corrected chi connectivity index (χ4v) is 2.13. The molecule has 0 aliphatic carbocycles. The van der Waals surface area contributed by atoms with Gasteiger partial charge in [-0.25, -0.2) is 4.98 Å². The Morgan fingerprint density at radius 2 is 2.41 bits per heavy atom. The fourth-order valence-electron chi connectivity index (χ4n) is 1.41. The second-order valence-corrected chi connectivity index (χ2v) is 4.43. The standard InChI is InChI=1S/C11H12N2O3S/c1-2-4-16-9(14)6-13-7-12-10-8(11(13)15)3-5-17-10/h3,5,7H,2,4,6H2,1H3. The molecule has 0 aliphatic rings. The minimum absolute atomic E-state index is 0.0857. The molecule has 90 valence electrons. The van der Waals surface area contributed by atoms with Gasteiger partial charge in [0, 0.05) is 0 Å². The van der Waals surface area contributed by atoms with Crippen LogP contribution in [0.15, 0.2) is 22.6 Å². The number of hydrogen-bond donors (Lipinski definition) is 0. The van der Waals surface area contributed by atoms with Crippen molar-refractivity contribution in [2.75, 3.05) is 6.61 Å². The molecule has 0 radical (unpaired) electrons. The van der Waals surface area contributed by atoms with Gasteiger partial charge in [-0.3, -0.25) is 14.2 Å². The van der Waals surface area contributed by atoms with Crippen molar-refractivity contribution in [1.29, 1.82) is 0 Å². The molecule has 5 nitrogen and oxygen atoms in total. The number of rotatable bonds is 4. The van der Waals surface area contributed by atoms with Gasteiger partial charge < -0.3 is 4.74 Å². The number of fused-ring (bicyclic) bond motifs is 1. The van der Waals surface area contributed by atoms with Crippen molar-refractivity contribution in [2.24, 2.45) is 0 Å². The molecule has 0 aromatic carbocycles. The third kappa shape index (κ3) is 2.52. The lowest BCUT2D eigenvalue weighted by Crippen LogP contribution is -2.25. The van der Waals surface area contributed by atoms with Crippen LogP contribution in [-0.2, 0) is 16.1 Å². The highest BCUT2D eigenvalue weighted by atomic mass is 32.1. The molecule has 0 bridgehead atoms. The monoisotopic (exact) mass is 252 g/mol. The zero-order valence-electron chi connectivity index (χ0n) is 9.38. The maximum absolute atomic E-state index is 11.9. The number of hydrogen-bond acceptors (Lipinski definition) is 5. The Hall–Kier alpha value is -1.69. The van der Waals surface area contributed by atoms with Crippen molar-refractivity contribution in [3.8, 4) is 0 Å². The summed E-state index contributed by atoms with van der Waals surface area (Å²) in [6.07, 6.45) is 2.15. The summed E-state index contributed by atoms with van der Waals surface area (Å²) in [6.45, 7) is 2.21. The van der Waals surface area contributed by atoms with Crippen molar-refractivity contribution in [2.45, 2.75) is 19.9 Å². The predicted molar refractivity (Wildman–Crippen MR) is 65.1 cm³/mol. The Bertz CT molecular complexity index is 588. The normalized spacial score (nSPS) is 10.6. The van der Waals surface area contributed by atoms with Crippen LogP contribution in [0.25, 0.3) is 10.2 Å². The van der Waals surface area contributed by atoms with Crippen LogP contribution >= 0.6 is 11.3 Å². The van der Waals surface area contributed by atoms with Gasteiger partial charge in [-0.1, -0.05) is 6.92 Å². The van der Waals surface area contributed by atoms with Gasteiger partial charge in [0.15, 0.2) is 0 Å². The summed E-state index contributed by atoms with van der Waals surface area (Å²) in [6, 6.07) is 1.71. The maximum Gasteiger partial charge on any atom is 0.326 e. The van der Waals surface area contributed by atoms with Gasteiger partial charge in [0.1, 0.15) is 11.4 Å². The first kappa shape index (κ1) is 11.8. The molecule has 0 aliphatic heterocycles. The van der Waals surface area contributed by atoms with Crippen LogP contribution in [0, 0.1) is 0 Å². The molecule has 2 heterocycles. The lowest BCUT2D eigenvalue weighted by molar-refractivity contribution is -0.144. The first-order valence-corrected chi connectivity index (χ1v) is 6.18. The van der Waals surface area contributed by atoms with Gasteiger partial charge in [0.2, 0.25) is 0 Å². The summed E-state index contributed by atoms with van der Waals surface area (Å²) in [5, 5.41) is 2.35. The van der Waals surface area contributed by atoms with Gasteiger partial charge in [-0.05, 0) is 17.9 Å². The second kappa shape index (κ2) is 5.09. The molecule has 0 unspecified atom stereocenters. The topological polar surface area (TPSA) is 61.2 Å². The van der Waals surface area contributed by atoms with E-state index in [2.05, 4.69) is 4.98 Å². The SMILES string of the molecule is CCCOC(=O)Cn1cnc2sccc2c1=O. The predicted octanol–water partition coefficient (Wildman–Crippen LogP) is 1.41. The zero-order chi connectivity index (χ0) is 12.3. The van der Waals surface area contributed by atoms with Crippen LogP contribution in [0.3, 0.4) is 0 Å². The van der Waals surface area contributed by atoms with Crippen LogP contribution in [0.2, 0.25) is 0 Å². The molecule has 2 rings (SSSR count). The van der Waals surface area contributed by atoms with Gasteiger partial charge in [0.05, 0.1) is 18.3 Å². The van der Waals surface area contributed by atoms with Gasteiger partial charge in [-0.15, -0.1) is 11.3 Å². The zero-order valence-corrected chi connectivity index (χ0v) is 10.2. The lowest BCUT2D eigenvalue weighted by atomic mass is 10.4. The van der Waals surface area contributed by atoms with Gasteiger partial charge in [-0.2, -0.15) is 0 Å². The molecule has 0 saturated heterocycles. The summed E-state index contributed by atoms with van der Waals surface area (Å²) >= 11 is 1.40. The molecular formula is C11H12N2O3S. The van der Waals surface area contributed by atoms with E-state index in [0.717, 1.165) is 6.42 Å². The van der Waals surface area contributed by atoms with Crippen molar-refractivity contribution >= 4 is 27.5 Å². The van der Waals surface area contributed by atoms with Crippen LogP contribution in [0.4, 0.5) is 0 Å². The Labute approximate surface area is 102 Å². The Morgan fingerprint density at radius 1 is 1.59 bits per heavy atom. The molecule has 2 aromatic heterocycles. The van der Waals surface area contributed by atoms with Crippen LogP contribution in [-0.4, -0.2) is 22.1 Å². The van der Waals surface area contributed by atoms with Crippen molar-refractivity contribution in [3.05, 3.63) is 28.1 Å². The summed E-state index contributed by atoms with van der Waals surface area (Å²) in [5.41, 5.74) is -0.204. The van der Waals surface area contributed by atoms with Crippen molar-refractivity contribution in [3.63, 3.8) is 0 Å². The van der Waals surface area contributed by atoms with Crippen LogP contribution in [0.5, 0.6) is 0 Å². The van der Waals surface area contributed by atoms with E-state index in [1.54, 1.807) is 11.4 Å². The van der Waals surface area contributed by atoms with E-state index in [1.807, 2.05) is 6.92 Å². The molecule has 0 atom stereocenters. The highest BCUT2D eigenvalue weighted by molar-refractivity contribution is 7.16. The average Bonchev–Trinajstić information content (AvgIpc) is 2.79.